The van der Waals surface area contributed by atoms with E-state index < -0.39 is 0 Å². The molecule has 6 heteroatoms. The van der Waals surface area contributed by atoms with E-state index in [2.05, 4.69) is 35.9 Å². The van der Waals surface area contributed by atoms with Gasteiger partial charge in [0.15, 0.2) is 0 Å². The molecule has 1 fully saturated rings. The number of nitrogens with one attached hydrogen (secondary N) is 1. The first kappa shape index (κ1) is 17.3. The van der Waals surface area contributed by atoms with Crippen molar-refractivity contribution in [2.45, 2.75) is 45.7 Å². The molecule has 0 aromatic heterocycles. The fraction of sp³-hybridized carbons (Fsp3) is 0.857. The molecule has 0 saturated carbocycles. The van der Waals surface area contributed by atoms with Gasteiger partial charge < -0.3 is 11.1 Å². The summed E-state index contributed by atoms with van der Waals surface area (Å²) in [5.41, 5.74) is 5.55. The molecule has 1 aliphatic heterocycles. The largest absolute Gasteiger partial charge is 0.392 e. The lowest BCUT2D eigenvalue weighted by Gasteiger charge is -2.43. The summed E-state index contributed by atoms with van der Waals surface area (Å²) in [6, 6.07) is 0.248. The zero-order valence-electron chi connectivity index (χ0n) is 13.1. The van der Waals surface area contributed by atoms with Gasteiger partial charge in [-0.25, -0.2) is 0 Å². The number of piperazine rings is 1. The van der Waals surface area contributed by atoms with Crippen molar-refractivity contribution < 1.29 is 4.79 Å². The van der Waals surface area contributed by atoms with E-state index in [9.17, 15) is 4.79 Å². The van der Waals surface area contributed by atoms with E-state index in [-0.39, 0.29) is 17.5 Å². The molecule has 0 aliphatic carbocycles. The number of amides is 1. The van der Waals surface area contributed by atoms with Crippen LogP contribution in [0.4, 0.5) is 0 Å². The predicted octanol–water partition coefficient (Wildman–Crippen LogP) is 0.583. The van der Waals surface area contributed by atoms with Crippen molar-refractivity contribution in [3.8, 4) is 0 Å². The lowest BCUT2D eigenvalue weighted by Crippen LogP contribution is -2.60. The van der Waals surface area contributed by atoms with Crippen molar-refractivity contribution >= 4 is 23.1 Å². The Morgan fingerprint density at radius 3 is 2.35 bits per heavy atom. The van der Waals surface area contributed by atoms with E-state index in [1.165, 1.54) is 0 Å². The summed E-state index contributed by atoms with van der Waals surface area (Å²) in [5.74, 6) is 0.112. The highest BCUT2D eigenvalue weighted by atomic mass is 32.1. The lowest BCUT2D eigenvalue weighted by atomic mass is 10.0. The molecule has 1 amide bonds. The van der Waals surface area contributed by atoms with Crippen LogP contribution in [0.3, 0.4) is 0 Å². The number of hydrogen-bond donors (Lipinski definition) is 2. The molecule has 20 heavy (non-hydrogen) atoms. The summed E-state index contributed by atoms with van der Waals surface area (Å²) < 4.78 is 0. The molecular formula is C14H28N4OS. The molecule has 0 aromatic carbocycles. The predicted molar refractivity (Wildman–Crippen MR) is 86.8 cm³/mol. The second-order valence-corrected chi connectivity index (χ2v) is 6.50. The molecular weight excluding hydrogens is 272 g/mol. The van der Waals surface area contributed by atoms with Crippen molar-refractivity contribution in [1.82, 2.24) is 15.1 Å². The first-order chi connectivity index (χ1) is 9.27. The Morgan fingerprint density at radius 1 is 1.35 bits per heavy atom. The van der Waals surface area contributed by atoms with Crippen molar-refractivity contribution in [2.24, 2.45) is 5.73 Å². The Hall–Kier alpha value is -0.720. The summed E-state index contributed by atoms with van der Waals surface area (Å²) in [4.78, 5) is 16.9. The zero-order chi connectivity index (χ0) is 15.3. The molecule has 0 spiro atoms. The number of rotatable bonds is 6. The molecule has 3 N–H and O–H groups in total. The zero-order valence-corrected chi connectivity index (χ0v) is 13.9. The molecule has 1 saturated heterocycles. The van der Waals surface area contributed by atoms with Crippen LogP contribution in [0.15, 0.2) is 0 Å². The third-order valence-electron chi connectivity index (χ3n) is 4.15. The van der Waals surface area contributed by atoms with Gasteiger partial charge in [-0.3, -0.25) is 14.6 Å². The Labute approximate surface area is 127 Å². The number of nitrogens with zero attached hydrogens (tertiary/aromatic N) is 2. The van der Waals surface area contributed by atoms with Crippen molar-refractivity contribution in [1.29, 1.82) is 0 Å². The SMILES string of the molecule is CCC(C)NC(=O)CN1CCN(C(C)(C)C(N)=S)CC1. The topological polar surface area (TPSA) is 61.6 Å². The van der Waals surface area contributed by atoms with Crippen LogP contribution < -0.4 is 11.1 Å². The molecule has 116 valence electrons. The monoisotopic (exact) mass is 300 g/mol. The second-order valence-electron chi connectivity index (χ2n) is 6.06. The number of carbonyl (C=O) groups is 1. The minimum Gasteiger partial charge on any atom is -0.392 e. The van der Waals surface area contributed by atoms with E-state index in [0.29, 0.717) is 11.5 Å². The summed E-state index contributed by atoms with van der Waals surface area (Å²) >= 11 is 5.13. The van der Waals surface area contributed by atoms with Crippen LogP contribution >= 0.6 is 12.2 Å². The highest BCUT2D eigenvalue weighted by molar-refractivity contribution is 7.80. The first-order valence-electron chi connectivity index (χ1n) is 7.34. The lowest BCUT2D eigenvalue weighted by molar-refractivity contribution is -0.123. The minimum absolute atomic E-state index is 0.112. The molecule has 1 unspecified atom stereocenters. The number of nitrogens with two attached hydrogens (primary N) is 1. The Balaban J connectivity index is 2.39. The van der Waals surface area contributed by atoms with E-state index >= 15 is 0 Å². The number of hydrogen-bond acceptors (Lipinski definition) is 4. The summed E-state index contributed by atoms with van der Waals surface area (Å²) in [7, 11) is 0. The van der Waals surface area contributed by atoms with Gasteiger partial charge in [0.05, 0.1) is 17.1 Å². The van der Waals surface area contributed by atoms with E-state index in [1.54, 1.807) is 0 Å². The molecule has 1 rings (SSSR count). The van der Waals surface area contributed by atoms with Gasteiger partial charge in [-0.2, -0.15) is 0 Å². The van der Waals surface area contributed by atoms with Gasteiger partial charge in [0, 0.05) is 32.2 Å². The quantitative estimate of drug-likeness (QED) is 0.703. The summed E-state index contributed by atoms with van der Waals surface area (Å²) in [6.07, 6.45) is 0.960. The van der Waals surface area contributed by atoms with Crippen molar-refractivity contribution in [3.05, 3.63) is 0 Å². The maximum atomic E-state index is 11.9. The van der Waals surface area contributed by atoms with Gasteiger partial charge in [-0.1, -0.05) is 19.1 Å². The van der Waals surface area contributed by atoms with Gasteiger partial charge >= 0.3 is 0 Å². The molecule has 0 aromatic rings. The highest BCUT2D eigenvalue weighted by Crippen LogP contribution is 2.17. The fourth-order valence-corrected chi connectivity index (χ4v) is 2.38. The van der Waals surface area contributed by atoms with Gasteiger partial charge in [0.1, 0.15) is 0 Å². The van der Waals surface area contributed by atoms with Crippen LogP contribution in [0.25, 0.3) is 0 Å². The van der Waals surface area contributed by atoms with Crippen molar-refractivity contribution in [3.63, 3.8) is 0 Å². The van der Waals surface area contributed by atoms with E-state index in [4.69, 9.17) is 18.0 Å². The van der Waals surface area contributed by atoms with E-state index in [1.807, 2.05) is 6.92 Å². The molecule has 1 aliphatic rings. The van der Waals surface area contributed by atoms with Crippen LogP contribution in [0.2, 0.25) is 0 Å². The maximum Gasteiger partial charge on any atom is 0.234 e. The standard InChI is InChI=1S/C14H28N4OS/c1-5-11(2)16-12(19)10-17-6-8-18(9-7-17)14(3,4)13(15)20/h11H,5-10H2,1-4H3,(H2,15,20)(H,16,19). The normalized spacial score (nSPS) is 19.6. The van der Waals surface area contributed by atoms with Crippen LogP contribution in [0.1, 0.15) is 34.1 Å². The fourth-order valence-electron chi connectivity index (χ4n) is 2.25. The van der Waals surface area contributed by atoms with Crippen molar-refractivity contribution in [2.75, 3.05) is 32.7 Å². The van der Waals surface area contributed by atoms with Crippen LogP contribution in [0.5, 0.6) is 0 Å². The Morgan fingerprint density at radius 2 is 1.90 bits per heavy atom. The molecule has 1 atom stereocenters. The molecule has 0 bridgehead atoms. The average molecular weight is 300 g/mol. The molecule has 5 nitrogen and oxygen atoms in total. The number of thiocarbonyl (C=S) groups is 1. The van der Waals surface area contributed by atoms with E-state index in [0.717, 1.165) is 32.6 Å². The molecule has 0 radical (unpaired) electrons. The Kier molecular flexibility index (Phi) is 6.36. The molecule has 1 heterocycles. The first-order valence-corrected chi connectivity index (χ1v) is 7.74. The van der Waals surface area contributed by atoms with Gasteiger partial charge in [-0.05, 0) is 27.2 Å². The van der Waals surface area contributed by atoms with Crippen LogP contribution in [-0.2, 0) is 4.79 Å². The number of carbonyl (C=O) groups excluding carboxylic acids is 1. The average Bonchev–Trinajstić information content (AvgIpc) is 2.38. The van der Waals surface area contributed by atoms with Crippen LogP contribution in [0, 0.1) is 0 Å². The maximum absolute atomic E-state index is 11.9. The smallest absolute Gasteiger partial charge is 0.234 e. The third-order valence-corrected chi connectivity index (χ3v) is 4.65. The summed E-state index contributed by atoms with van der Waals surface area (Å²) in [5, 5.41) is 3.00. The Bertz CT molecular complexity index is 351. The van der Waals surface area contributed by atoms with Gasteiger partial charge in [0.2, 0.25) is 5.91 Å². The highest BCUT2D eigenvalue weighted by Gasteiger charge is 2.32. The van der Waals surface area contributed by atoms with Gasteiger partial charge in [-0.15, -0.1) is 0 Å². The second kappa shape index (κ2) is 7.33. The van der Waals surface area contributed by atoms with Crippen LogP contribution in [-0.4, -0.2) is 65.0 Å². The summed E-state index contributed by atoms with van der Waals surface area (Å²) in [6.45, 7) is 12.2. The minimum atomic E-state index is -0.250. The van der Waals surface area contributed by atoms with Gasteiger partial charge in [0.25, 0.3) is 0 Å². The third kappa shape index (κ3) is 4.68.